The van der Waals surface area contributed by atoms with E-state index in [1.54, 1.807) is 0 Å². The Hall–Kier alpha value is -0.0400. The maximum Gasteiger partial charge on any atom is 0.00356 e. The maximum atomic E-state index is 2.42. The van der Waals surface area contributed by atoms with Gasteiger partial charge in [0.2, 0.25) is 0 Å². The Kier molecular flexibility index (Phi) is 5.56. The second-order valence-electron chi connectivity index (χ2n) is 4.77. The number of hydrogen-bond donors (Lipinski definition) is 0. The van der Waals surface area contributed by atoms with E-state index in [1.807, 2.05) is 0 Å². The highest BCUT2D eigenvalue weighted by Gasteiger charge is 2.09. The zero-order valence-corrected chi connectivity index (χ0v) is 9.59. The van der Waals surface area contributed by atoms with Gasteiger partial charge in [-0.25, -0.2) is 0 Å². The van der Waals surface area contributed by atoms with Gasteiger partial charge >= 0.3 is 0 Å². The Morgan fingerprint density at radius 3 is 1.83 bits per heavy atom. The average Bonchev–Trinajstić information content (AvgIpc) is 1.84. The van der Waals surface area contributed by atoms with Gasteiger partial charge in [0, 0.05) is 12.6 Å². The lowest BCUT2D eigenvalue weighted by Crippen LogP contribution is -2.31. The van der Waals surface area contributed by atoms with Gasteiger partial charge in [-0.1, -0.05) is 20.8 Å². The van der Waals surface area contributed by atoms with Gasteiger partial charge in [-0.05, 0) is 39.2 Å². The number of nitrogens with zero attached hydrogens (tertiary/aromatic N) is 1. The minimum absolute atomic E-state index is 0.680. The second-order valence-corrected chi connectivity index (χ2v) is 4.77. The summed E-state index contributed by atoms with van der Waals surface area (Å²) in [6.45, 7) is 12.7. The maximum absolute atomic E-state index is 2.42. The van der Waals surface area contributed by atoms with Gasteiger partial charge in [-0.2, -0.15) is 0 Å². The van der Waals surface area contributed by atoms with Gasteiger partial charge in [0.15, 0.2) is 0 Å². The highest BCUT2D eigenvalue weighted by Crippen LogP contribution is 2.12. The minimum atomic E-state index is 0.680. The SMILES string of the molecule is CC(C)C[C@H](C)CN(C)C(C)C. The van der Waals surface area contributed by atoms with E-state index in [2.05, 4.69) is 46.6 Å². The average molecular weight is 171 g/mol. The summed E-state index contributed by atoms with van der Waals surface area (Å²) in [6, 6.07) is 0.680. The van der Waals surface area contributed by atoms with Crippen LogP contribution in [0.5, 0.6) is 0 Å². The van der Waals surface area contributed by atoms with Crippen LogP contribution in [0.4, 0.5) is 0 Å². The Bertz CT molecular complexity index is 108. The lowest BCUT2D eigenvalue weighted by molar-refractivity contribution is 0.223. The van der Waals surface area contributed by atoms with Crippen LogP contribution in [0, 0.1) is 11.8 Å². The largest absolute Gasteiger partial charge is 0.304 e. The van der Waals surface area contributed by atoms with E-state index in [1.165, 1.54) is 13.0 Å². The van der Waals surface area contributed by atoms with Crippen LogP contribution in [0.3, 0.4) is 0 Å². The third kappa shape index (κ3) is 5.59. The van der Waals surface area contributed by atoms with Crippen LogP contribution in [-0.2, 0) is 0 Å². The predicted molar refractivity (Wildman–Crippen MR) is 56.4 cm³/mol. The molecule has 12 heavy (non-hydrogen) atoms. The molecule has 0 saturated carbocycles. The fraction of sp³-hybridized carbons (Fsp3) is 1.00. The van der Waals surface area contributed by atoms with Crippen LogP contribution < -0.4 is 0 Å². The van der Waals surface area contributed by atoms with Crippen LogP contribution in [0.25, 0.3) is 0 Å². The van der Waals surface area contributed by atoms with E-state index in [4.69, 9.17) is 0 Å². The van der Waals surface area contributed by atoms with Crippen molar-refractivity contribution < 1.29 is 0 Å². The smallest absolute Gasteiger partial charge is 0.00356 e. The highest BCUT2D eigenvalue weighted by atomic mass is 15.1. The molecule has 0 unspecified atom stereocenters. The minimum Gasteiger partial charge on any atom is -0.304 e. The third-order valence-electron chi connectivity index (χ3n) is 2.35. The summed E-state index contributed by atoms with van der Waals surface area (Å²) >= 11 is 0. The molecule has 1 atom stereocenters. The molecule has 1 nitrogen and oxygen atoms in total. The highest BCUT2D eigenvalue weighted by molar-refractivity contribution is 4.63. The molecule has 0 saturated heterocycles. The normalized spacial score (nSPS) is 14.8. The van der Waals surface area contributed by atoms with Crippen molar-refractivity contribution in [3.05, 3.63) is 0 Å². The molecule has 0 bridgehead atoms. The summed E-state index contributed by atoms with van der Waals surface area (Å²) in [4.78, 5) is 2.42. The van der Waals surface area contributed by atoms with Gasteiger partial charge in [-0.15, -0.1) is 0 Å². The van der Waals surface area contributed by atoms with Gasteiger partial charge in [0.05, 0.1) is 0 Å². The third-order valence-corrected chi connectivity index (χ3v) is 2.35. The van der Waals surface area contributed by atoms with Crippen molar-refractivity contribution in [3.63, 3.8) is 0 Å². The summed E-state index contributed by atoms with van der Waals surface area (Å²) in [5.74, 6) is 1.66. The Labute approximate surface area is 78.1 Å². The van der Waals surface area contributed by atoms with E-state index in [0.29, 0.717) is 6.04 Å². The second kappa shape index (κ2) is 5.58. The summed E-state index contributed by atoms with van der Waals surface area (Å²) in [5, 5.41) is 0. The number of rotatable bonds is 5. The zero-order valence-electron chi connectivity index (χ0n) is 9.59. The fourth-order valence-corrected chi connectivity index (χ4v) is 1.58. The van der Waals surface area contributed by atoms with Crippen molar-refractivity contribution in [1.29, 1.82) is 0 Å². The zero-order chi connectivity index (χ0) is 9.72. The first-order valence-corrected chi connectivity index (χ1v) is 5.13. The van der Waals surface area contributed by atoms with E-state index in [0.717, 1.165) is 11.8 Å². The molecule has 0 rings (SSSR count). The molecule has 0 aliphatic carbocycles. The Morgan fingerprint density at radius 2 is 1.50 bits per heavy atom. The van der Waals surface area contributed by atoms with E-state index in [9.17, 15) is 0 Å². The van der Waals surface area contributed by atoms with Crippen LogP contribution in [0.15, 0.2) is 0 Å². The van der Waals surface area contributed by atoms with Crippen molar-refractivity contribution in [3.8, 4) is 0 Å². The first kappa shape index (κ1) is 12.0. The van der Waals surface area contributed by atoms with Crippen LogP contribution in [0.2, 0.25) is 0 Å². The molecule has 0 spiro atoms. The van der Waals surface area contributed by atoms with Gasteiger partial charge in [0.1, 0.15) is 0 Å². The molecule has 0 aliphatic heterocycles. The van der Waals surface area contributed by atoms with E-state index < -0.39 is 0 Å². The Morgan fingerprint density at radius 1 is 1.00 bits per heavy atom. The van der Waals surface area contributed by atoms with Crippen molar-refractivity contribution in [2.45, 2.75) is 47.1 Å². The number of hydrogen-bond acceptors (Lipinski definition) is 1. The molecule has 0 aromatic heterocycles. The molecule has 0 radical (unpaired) electrons. The van der Waals surface area contributed by atoms with Crippen LogP contribution in [-0.4, -0.2) is 24.5 Å². The molecule has 0 aromatic carbocycles. The molecule has 0 aliphatic rings. The van der Waals surface area contributed by atoms with Gasteiger partial charge < -0.3 is 4.90 Å². The standard InChI is InChI=1S/C11H25N/c1-9(2)7-11(5)8-12(6)10(3)4/h9-11H,7-8H2,1-6H3/t11-/m0/s1. The van der Waals surface area contributed by atoms with Crippen LogP contribution in [0.1, 0.15) is 41.0 Å². The molecule has 0 fully saturated rings. The molecule has 0 heterocycles. The lowest BCUT2D eigenvalue weighted by atomic mass is 9.98. The van der Waals surface area contributed by atoms with E-state index >= 15 is 0 Å². The summed E-state index contributed by atoms with van der Waals surface area (Å²) in [7, 11) is 2.21. The Balaban J connectivity index is 3.61. The van der Waals surface area contributed by atoms with Crippen molar-refractivity contribution in [2.75, 3.05) is 13.6 Å². The fourth-order valence-electron chi connectivity index (χ4n) is 1.58. The molecule has 0 N–H and O–H groups in total. The summed E-state index contributed by atoms with van der Waals surface area (Å²) in [5.41, 5.74) is 0. The van der Waals surface area contributed by atoms with Gasteiger partial charge in [0.25, 0.3) is 0 Å². The first-order valence-electron chi connectivity index (χ1n) is 5.13. The summed E-state index contributed by atoms with van der Waals surface area (Å²) < 4.78 is 0. The quantitative estimate of drug-likeness (QED) is 0.614. The van der Waals surface area contributed by atoms with Crippen molar-refractivity contribution in [2.24, 2.45) is 11.8 Å². The molecule has 0 amide bonds. The van der Waals surface area contributed by atoms with Crippen molar-refractivity contribution >= 4 is 0 Å². The molecule has 0 aromatic rings. The topological polar surface area (TPSA) is 3.24 Å². The monoisotopic (exact) mass is 171 g/mol. The molecular formula is C11H25N. The predicted octanol–water partition coefficient (Wildman–Crippen LogP) is 3.01. The van der Waals surface area contributed by atoms with E-state index in [-0.39, 0.29) is 0 Å². The van der Waals surface area contributed by atoms with Crippen molar-refractivity contribution in [1.82, 2.24) is 4.90 Å². The molecular weight excluding hydrogens is 146 g/mol. The molecule has 74 valence electrons. The van der Waals surface area contributed by atoms with Crippen LogP contribution >= 0.6 is 0 Å². The molecule has 1 heteroatoms. The first-order chi connectivity index (χ1) is 5.43. The lowest BCUT2D eigenvalue weighted by Gasteiger charge is -2.25. The van der Waals surface area contributed by atoms with Gasteiger partial charge in [-0.3, -0.25) is 0 Å². The summed E-state index contributed by atoms with van der Waals surface area (Å²) in [6.07, 6.45) is 1.34.